The number of amides is 2. The molecule has 0 radical (unpaired) electrons. The van der Waals surface area contributed by atoms with Gasteiger partial charge < -0.3 is 16.3 Å². The second kappa shape index (κ2) is 7.60. The SMILES string of the molecule is CC1(Cn2nc(C3CC3)c(C(F)(F)F)c2C(=O)Nc2cc[n+]([O-])c(C(N)=O)c2)CC1C(F)(F)F. The van der Waals surface area contributed by atoms with Gasteiger partial charge >= 0.3 is 18.3 Å². The molecular weight excluding hydrogens is 472 g/mol. The summed E-state index contributed by atoms with van der Waals surface area (Å²) in [6.07, 6.45) is -8.18. The van der Waals surface area contributed by atoms with E-state index in [2.05, 4.69) is 10.4 Å². The van der Waals surface area contributed by atoms with Gasteiger partial charge in [0.15, 0.2) is 6.20 Å². The van der Waals surface area contributed by atoms with Gasteiger partial charge in [-0.1, -0.05) is 6.92 Å². The molecule has 14 heteroatoms. The zero-order valence-electron chi connectivity index (χ0n) is 17.6. The average Bonchev–Trinajstić information content (AvgIpc) is 3.60. The van der Waals surface area contributed by atoms with Gasteiger partial charge in [0.25, 0.3) is 11.6 Å². The van der Waals surface area contributed by atoms with Crippen molar-refractivity contribution < 1.29 is 40.7 Å². The lowest BCUT2D eigenvalue weighted by Crippen LogP contribution is -2.37. The topological polar surface area (TPSA) is 117 Å². The first kappa shape index (κ1) is 23.8. The molecule has 34 heavy (non-hydrogen) atoms. The van der Waals surface area contributed by atoms with Gasteiger partial charge in [0.05, 0.1) is 17.3 Å². The van der Waals surface area contributed by atoms with Crippen molar-refractivity contribution in [2.75, 3.05) is 5.32 Å². The van der Waals surface area contributed by atoms with E-state index < -0.39 is 64.9 Å². The van der Waals surface area contributed by atoms with Crippen LogP contribution in [0.4, 0.5) is 32.0 Å². The molecule has 2 amide bonds. The molecule has 184 valence electrons. The number of hydrogen-bond donors (Lipinski definition) is 2. The number of nitrogens with one attached hydrogen (secondary N) is 1. The van der Waals surface area contributed by atoms with Gasteiger partial charge in [-0.25, -0.2) is 0 Å². The highest BCUT2D eigenvalue weighted by Crippen LogP contribution is 2.61. The molecule has 2 atom stereocenters. The molecule has 2 aromatic heterocycles. The summed E-state index contributed by atoms with van der Waals surface area (Å²) in [5.74, 6) is -4.70. The number of carbonyl (C=O) groups excluding carboxylic acids is 2. The highest BCUT2D eigenvalue weighted by molar-refractivity contribution is 6.05. The average molecular weight is 491 g/mol. The molecule has 0 aromatic carbocycles. The van der Waals surface area contributed by atoms with Crippen molar-refractivity contribution in [3.8, 4) is 0 Å². The van der Waals surface area contributed by atoms with Crippen LogP contribution in [0.5, 0.6) is 0 Å². The molecule has 2 heterocycles. The summed E-state index contributed by atoms with van der Waals surface area (Å²) in [5, 5.41) is 17.7. The Hall–Kier alpha value is -3.32. The normalized spacial score (nSPS) is 22.5. The third-order valence-corrected chi connectivity index (χ3v) is 6.13. The molecule has 2 aromatic rings. The van der Waals surface area contributed by atoms with Crippen molar-refractivity contribution in [1.82, 2.24) is 9.78 Å². The minimum Gasteiger partial charge on any atom is -0.618 e. The molecular formula is C20H19F6N5O3. The predicted octanol–water partition coefficient (Wildman–Crippen LogP) is 3.35. The number of rotatable bonds is 6. The van der Waals surface area contributed by atoms with E-state index in [0.717, 1.165) is 18.3 Å². The zero-order valence-corrected chi connectivity index (χ0v) is 17.6. The third-order valence-electron chi connectivity index (χ3n) is 6.13. The van der Waals surface area contributed by atoms with E-state index in [-0.39, 0.29) is 22.5 Å². The van der Waals surface area contributed by atoms with Gasteiger partial charge in [0, 0.05) is 24.6 Å². The lowest BCUT2D eigenvalue weighted by molar-refractivity contribution is -0.607. The Kier molecular flexibility index (Phi) is 5.33. The van der Waals surface area contributed by atoms with Gasteiger partial charge in [-0.3, -0.25) is 14.3 Å². The number of hydrogen-bond acceptors (Lipinski definition) is 4. The van der Waals surface area contributed by atoms with Crippen molar-refractivity contribution in [1.29, 1.82) is 0 Å². The minimum atomic E-state index is -5.00. The molecule has 2 saturated carbocycles. The van der Waals surface area contributed by atoms with Crippen LogP contribution in [0.2, 0.25) is 0 Å². The Morgan fingerprint density at radius 3 is 2.44 bits per heavy atom. The first-order chi connectivity index (χ1) is 15.6. The summed E-state index contributed by atoms with van der Waals surface area (Å²) in [6, 6.07) is 1.92. The number of alkyl halides is 6. The fraction of sp³-hybridized carbons (Fsp3) is 0.500. The van der Waals surface area contributed by atoms with Crippen LogP contribution in [-0.4, -0.2) is 27.8 Å². The van der Waals surface area contributed by atoms with Crippen LogP contribution in [-0.2, 0) is 12.7 Å². The molecule has 2 aliphatic rings. The Bertz CT molecular complexity index is 1170. The number of aromatic nitrogens is 3. The van der Waals surface area contributed by atoms with E-state index >= 15 is 0 Å². The lowest BCUT2D eigenvalue weighted by atomic mass is 10.1. The Labute approximate surface area is 188 Å². The van der Waals surface area contributed by atoms with Crippen LogP contribution in [0, 0.1) is 16.5 Å². The Morgan fingerprint density at radius 1 is 1.29 bits per heavy atom. The molecule has 0 aliphatic heterocycles. The summed E-state index contributed by atoms with van der Waals surface area (Å²) in [6.45, 7) is 0.736. The van der Waals surface area contributed by atoms with Gasteiger partial charge in [-0.05, 0) is 24.7 Å². The number of carbonyl (C=O) groups is 2. The summed E-state index contributed by atoms with van der Waals surface area (Å²) in [4.78, 5) is 24.4. The monoisotopic (exact) mass is 491 g/mol. The van der Waals surface area contributed by atoms with Crippen LogP contribution in [0.25, 0.3) is 0 Å². The third kappa shape index (κ3) is 4.40. The number of nitrogens with two attached hydrogens (primary N) is 1. The van der Waals surface area contributed by atoms with Crippen molar-refractivity contribution in [2.45, 2.75) is 51.0 Å². The fourth-order valence-electron chi connectivity index (χ4n) is 4.12. The van der Waals surface area contributed by atoms with E-state index in [9.17, 15) is 41.1 Å². The standard InChI is InChI=1S/C20H19F6N5O3/c1-18(7-12(18)19(21,22)23)8-30-15(13(20(24,25)26)14(29-30)9-2-3-9)17(33)28-10-4-5-31(34)11(6-10)16(27)32/h4-6,9,12H,2-3,7-8H2,1H3,(H2,27,32)(H,28,33). The van der Waals surface area contributed by atoms with E-state index in [1.165, 1.54) is 6.92 Å². The van der Waals surface area contributed by atoms with E-state index in [1.807, 2.05) is 0 Å². The Morgan fingerprint density at radius 2 is 1.94 bits per heavy atom. The van der Waals surface area contributed by atoms with Crippen LogP contribution in [0.1, 0.15) is 64.3 Å². The second-order valence-corrected chi connectivity index (χ2v) is 8.94. The number of anilines is 1. The van der Waals surface area contributed by atoms with Crippen LogP contribution in [0.15, 0.2) is 18.3 Å². The zero-order chi connectivity index (χ0) is 25.2. The van der Waals surface area contributed by atoms with Crippen molar-refractivity contribution in [3.63, 3.8) is 0 Å². The quantitative estimate of drug-likeness (QED) is 0.366. The smallest absolute Gasteiger partial charge is 0.420 e. The highest BCUT2D eigenvalue weighted by Gasteiger charge is 2.64. The number of primary amides is 1. The van der Waals surface area contributed by atoms with Gasteiger partial charge in [-0.15, -0.1) is 0 Å². The van der Waals surface area contributed by atoms with Crippen molar-refractivity contribution in [2.24, 2.45) is 17.1 Å². The molecule has 8 nitrogen and oxygen atoms in total. The number of pyridine rings is 1. The van der Waals surface area contributed by atoms with Gasteiger partial charge in [0.1, 0.15) is 11.3 Å². The molecule has 2 aliphatic carbocycles. The van der Waals surface area contributed by atoms with Gasteiger partial charge in [0.2, 0.25) is 0 Å². The molecule has 3 N–H and O–H groups in total. The van der Waals surface area contributed by atoms with E-state index in [1.54, 1.807) is 0 Å². The predicted molar refractivity (Wildman–Crippen MR) is 103 cm³/mol. The molecule has 2 fully saturated rings. The largest absolute Gasteiger partial charge is 0.618 e. The summed E-state index contributed by atoms with van der Waals surface area (Å²) in [5.41, 5.74) is 0.275. The lowest BCUT2D eigenvalue weighted by Gasteiger charge is -2.17. The minimum absolute atomic E-state index is 0.111. The Balaban J connectivity index is 1.75. The van der Waals surface area contributed by atoms with E-state index in [4.69, 9.17) is 5.73 Å². The summed E-state index contributed by atoms with van der Waals surface area (Å²) < 4.78 is 82.4. The van der Waals surface area contributed by atoms with Crippen LogP contribution < -0.4 is 15.8 Å². The van der Waals surface area contributed by atoms with Crippen molar-refractivity contribution in [3.05, 3.63) is 46.2 Å². The summed E-state index contributed by atoms with van der Waals surface area (Å²) >= 11 is 0. The molecule has 0 spiro atoms. The molecule has 4 rings (SSSR count). The number of nitrogens with zero attached hydrogens (tertiary/aromatic N) is 3. The molecule has 2 unspecified atom stereocenters. The van der Waals surface area contributed by atoms with Crippen LogP contribution in [0.3, 0.4) is 0 Å². The first-order valence-corrected chi connectivity index (χ1v) is 10.2. The maximum Gasteiger partial charge on any atom is 0.420 e. The highest BCUT2D eigenvalue weighted by atomic mass is 19.4. The molecule has 0 bridgehead atoms. The first-order valence-electron chi connectivity index (χ1n) is 10.2. The second-order valence-electron chi connectivity index (χ2n) is 8.94. The van der Waals surface area contributed by atoms with E-state index in [0.29, 0.717) is 17.5 Å². The maximum atomic E-state index is 14.0. The number of halogens is 6. The van der Waals surface area contributed by atoms with Crippen LogP contribution >= 0.6 is 0 Å². The van der Waals surface area contributed by atoms with Gasteiger partial charge in [-0.2, -0.15) is 36.2 Å². The maximum absolute atomic E-state index is 14.0. The van der Waals surface area contributed by atoms with Crippen molar-refractivity contribution >= 4 is 17.5 Å². The summed E-state index contributed by atoms with van der Waals surface area (Å²) in [7, 11) is 0. The molecule has 0 saturated heterocycles. The fourth-order valence-corrected chi connectivity index (χ4v) is 4.12.